The molecule has 118 valence electrons. The number of nitrogens with two attached hydrogens (primary N) is 2. The van der Waals surface area contributed by atoms with Crippen LogP contribution in [0.25, 0.3) is 0 Å². The van der Waals surface area contributed by atoms with Crippen LogP contribution in [0.5, 0.6) is 5.75 Å². The maximum Gasteiger partial charge on any atom is 0.296 e. The van der Waals surface area contributed by atoms with Gasteiger partial charge in [0, 0.05) is 5.71 Å². The van der Waals surface area contributed by atoms with E-state index in [0.29, 0.717) is 11.5 Å². The van der Waals surface area contributed by atoms with Crippen LogP contribution in [0.15, 0.2) is 28.4 Å². The van der Waals surface area contributed by atoms with Crippen LogP contribution in [0.1, 0.15) is 13.3 Å². The minimum atomic E-state index is -0.613. The lowest BCUT2D eigenvalue weighted by Crippen LogP contribution is -2.22. The molecule has 22 heavy (non-hydrogen) atoms. The second-order valence-corrected chi connectivity index (χ2v) is 4.23. The van der Waals surface area contributed by atoms with E-state index in [4.69, 9.17) is 16.2 Å². The third-order valence-electron chi connectivity index (χ3n) is 2.43. The molecular formula is C12H16N6O4. The van der Waals surface area contributed by atoms with Gasteiger partial charge in [-0.25, -0.2) is 0 Å². The van der Waals surface area contributed by atoms with Crippen LogP contribution in [0.3, 0.4) is 0 Å². The van der Waals surface area contributed by atoms with Crippen molar-refractivity contribution in [2.45, 2.75) is 13.3 Å². The third kappa shape index (κ3) is 5.07. The Morgan fingerprint density at radius 3 is 2.64 bits per heavy atom. The van der Waals surface area contributed by atoms with E-state index in [1.54, 1.807) is 6.92 Å². The summed E-state index contributed by atoms with van der Waals surface area (Å²) in [7, 11) is 1.39. The standard InChI is InChI=1S/C12H16N6O4/c1-7(16-17-12(13)14)5-11(19)15-9-4-3-8(22-2)6-10(9)18(20)21/h3-4,6H,5H2,1-2H3,(H,15,19)(H4,13,14,17)/b16-7-. The van der Waals surface area contributed by atoms with Crippen molar-refractivity contribution < 1.29 is 14.5 Å². The lowest BCUT2D eigenvalue weighted by molar-refractivity contribution is -0.384. The zero-order chi connectivity index (χ0) is 16.7. The number of nitrogens with zero attached hydrogens (tertiary/aromatic N) is 3. The molecule has 0 saturated heterocycles. The highest BCUT2D eigenvalue weighted by Crippen LogP contribution is 2.28. The molecule has 1 amide bonds. The summed E-state index contributed by atoms with van der Waals surface area (Å²) in [6.07, 6.45) is -0.111. The van der Waals surface area contributed by atoms with Gasteiger partial charge in [-0.1, -0.05) is 0 Å². The lowest BCUT2D eigenvalue weighted by atomic mass is 10.2. The number of nitrogens with one attached hydrogen (secondary N) is 1. The molecule has 10 nitrogen and oxygen atoms in total. The van der Waals surface area contributed by atoms with Gasteiger partial charge >= 0.3 is 0 Å². The van der Waals surface area contributed by atoms with Gasteiger partial charge in [0.2, 0.25) is 11.9 Å². The molecule has 0 aliphatic carbocycles. The predicted molar refractivity (Wildman–Crippen MR) is 81.8 cm³/mol. The van der Waals surface area contributed by atoms with Gasteiger partial charge in [-0.2, -0.15) is 5.10 Å². The molecule has 0 spiro atoms. The van der Waals surface area contributed by atoms with Crippen LogP contribution in [0.4, 0.5) is 11.4 Å². The summed E-state index contributed by atoms with van der Waals surface area (Å²) >= 11 is 0. The molecule has 0 bridgehead atoms. The van der Waals surface area contributed by atoms with Crippen LogP contribution in [-0.4, -0.2) is 29.6 Å². The maximum absolute atomic E-state index is 11.8. The van der Waals surface area contributed by atoms with Crippen molar-refractivity contribution in [1.29, 1.82) is 0 Å². The molecule has 1 aromatic rings. The van der Waals surface area contributed by atoms with Crippen LogP contribution in [0, 0.1) is 10.1 Å². The van der Waals surface area contributed by atoms with E-state index < -0.39 is 10.8 Å². The van der Waals surface area contributed by atoms with Gasteiger partial charge in [0.25, 0.3) is 5.69 Å². The number of hydrogen-bond donors (Lipinski definition) is 3. The number of nitro groups is 1. The molecule has 0 unspecified atom stereocenters. The number of methoxy groups -OCH3 is 1. The molecule has 0 fully saturated rings. The first-order valence-electron chi connectivity index (χ1n) is 6.07. The van der Waals surface area contributed by atoms with Crippen LogP contribution < -0.4 is 21.5 Å². The highest BCUT2D eigenvalue weighted by atomic mass is 16.6. The summed E-state index contributed by atoms with van der Waals surface area (Å²) < 4.78 is 4.91. The molecule has 1 rings (SSSR count). The highest BCUT2D eigenvalue weighted by Gasteiger charge is 2.17. The first kappa shape index (κ1) is 16.9. The summed E-state index contributed by atoms with van der Waals surface area (Å²) in [5.41, 5.74) is 10.4. The molecule has 0 atom stereocenters. The van der Waals surface area contributed by atoms with Gasteiger partial charge in [0.1, 0.15) is 11.4 Å². The van der Waals surface area contributed by atoms with Crippen LogP contribution in [0.2, 0.25) is 0 Å². The topological polar surface area (TPSA) is 158 Å². The summed E-state index contributed by atoms with van der Waals surface area (Å²) in [6, 6.07) is 4.11. The fourth-order valence-electron chi connectivity index (χ4n) is 1.50. The fourth-order valence-corrected chi connectivity index (χ4v) is 1.50. The van der Waals surface area contributed by atoms with Crippen molar-refractivity contribution >= 4 is 29.0 Å². The molecule has 0 aliphatic heterocycles. The minimum absolute atomic E-state index is 0.0606. The Morgan fingerprint density at radius 2 is 2.09 bits per heavy atom. The largest absolute Gasteiger partial charge is 0.496 e. The van der Waals surface area contributed by atoms with Gasteiger partial charge in [-0.3, -0.25) is 14.9 Å². The Kier molecular flexibility index (Phi) is 5.81. The number of carbonyl (C=O) groups excluding carboxylic acids is 1. The van der Waals surface area contributed by atoms with Crippen molar-refractivity contribution in [3.05, 3.63) is 28.3 Å². The van der Waals surface area contributed by atoms with Crippen molar-refractivity contribution in [2.75, 3.05) is 12.4 Å². The Bertz CT molecular complexity index is 637. The summed E-state index contributed by atoms with van der Waals surface area (Å²) in [6.45, 7) is 1.55. The fraction of sp³-hybridized carbons (Fsp3) is 0.250. The van der Waals surface area contributed by atoms with E-state index in [2.05, 4.69) is 15.5 Å². The monoisotopic (exact) mass is 308 g/mol. The maximum atomic E-state index is 11.8. The third-order valence-corrected chi connectivity index (χ3v) is 2.43. The Hall–Kier alpha value is -3.17. The van der Waals surface area contributed by atoms with Crippen molar-refractivity contribution in [3.8, 4) is 5.75 Å². The number of ether oxygens (including phenoxy) is 1. The number of benzene rings is 1. The van der Waals surface area contributed by atoms with Gasteiger partial charge in [0.15, 0.2) is 0 Å². The Labute approximate surface area is 126 Å². The summed E-state index contributed by atoms with van der Waals surface area (Å²) in [4.78, 5) is 22.2. The SMILES string of the molecule is COc1ccc(NC(=O)C/C(C)=N\N=C(N)N)c([N+](=O)[O-])c1. The molecule has 0 heterocycles. The molecule has 0 aliphatic rings. The second-order valence-electron chi connectivity index (χ2n) is 4.23. The molecule has 5 N–H and O–H groups in total. The molecule has 1 aromatic carbocycles. The smallest absolute Gasteiger partial charge is 0.296 e. The number of hydrogen-bond acceptors (Lipinski definition) is 6. The van der Waals surface area contributed by atoms with E-state index in [1.165, 1.54) is 25.3 Å². The number of nitro benzene ring substituents is 1. The summed E-state index contributed by atoms with van der Waals surface area (Å²) in [5, 5.41) is 20.5. The van der Waals surface area contributed by atoms with Gasteiger partial charge in [-0.05, 0) is 19.1 Å². The highest BCUT2D eigenvalue weighted by molar-refractivity contribution is 6.06. The molecule has 0 radical (unpaired) electrons. The Balaban J connectivity index is 2.86. The first-order chi connectivity index (χ1) is 10.3. The quantitative estimate of drug-likeness (QED) is 0.302. The Morgan fingerprint density at radius 1 is 1.41 bits per heavy atom. The number of amides is 1. The number of anilines is 1. The summed E-state index contributed by atoms with van der Waals surface area (Å²) in [5.74, 6) is -0.402. The first-order valence-corrected chi connectivity index (χ1v) is 6.07. The van der Waals surface area contributed by atoms with Crippen molar-refractivity contribution in [1.82, 2.24) is 0 Å². The van der Waals surface area contributed by atoms with Crippen LogP contribution in [-0.2, 0) is 4.79 Å². The van der Waals surface area contributed by atoms with Gasteiger partial charge in [-0.15, -0.1) is 5.10 Å². The molecule has 0 aromatic heterocycles. The minimum Gasteiger partial charge on any atom is -0.496 e. The van der Waals surface area contributed by atoms with E-state index in [0.717, 1.165) is 0 Å². The zero-order valence-corrected chi connectivity index (χ0v) is 12.1. The molecular weight excluding hydrogens is 292 g/mol. The van der Waals surface area contributed by atoms with Crippen molar-refractivity contribution in [2.24, 2.45) is 21.7 Å². The lowest BCUT2D eigenvalue weighted by Gasteiger charge is -2.07. The van der Waals surface area contributed by atoms with E-state index in [1.807, 2.05) is 0 Å². The van der Waals surface area contributed by atoms with E-state index in [-0.39, 0.29) is 23.8 Å². The number of rotatable bonds is 6. The molecule has 10 heteroatoms. The number of guanidine groups is 1. The van der Waals surface area contributed by atoms with Gasteiger partial charge < -0.3 is 21.5 Å². The van der Waals surface area contributed by atoms with Gasteiger partial charge in [0.05, 0.1) is 24.5 Å². The van der Waals surface area contributed by atoms with Crippen LogP contribution >= 0.6 is 0 Å². The normalized spacial score (nSPS) is 10.7. The average molecular weight is 308 g/mol. The molecule has 0 saturated carbocycles. The van der Waals surface area contributed by atoms with E-state index in [9.17, 15) is 14.9 Å². The second kappa shape index (κ2) is 7.57. The predicted octanol–water partition coefficient (Wildman–Crippen LogP) is 0.581. The van der Waals surface area contributed by atoms with E-state index >= 15 is 0 Å². The average Bonchev–Trinajstić information content (AvgIpc) is 2.45. The zero-order valence-electron chi connectivity index (χ0n) is 12.1. The van der Waals surface area contributed by atoms with Crippen molar-refractivity contribution in [3.63, 3.8) is 0 Å². The number of carbonyl (C=O) groups is 1.